The molecule has 1 rings (SSSR count). The molecule has 0 aliphatic rings. The van der Waals surface area contributed by atoms with Crippen LogP contribution in [0.3, 0.4) is 0 Å². The average molecular weight is 243 g/mol. The number of hydrogen-bond donors (Lipinski definition) is 1. The minimum atomic E-state index is -0.969. The van der Waals surface area contributed by atoms with Crippen molar-refractivity contribution in [2.75, 3.05) is 13.7 Å². The van der Waals surface area contributed by atoms with Gasteiger partial charge in [-0.1, -0.05) is 0 Å². The maximum absolute atomic E-state index is 13.3. The molecule has 0 saturated carbocycles. The monoisotopic (exact) mass is 243 g/mol. The molecule has 6 heteroatoms. The van der Waals surface area contributed by atoms with Gasteiger partial charge < -0.3 is 10.1 Å². The van der Waals surface area contributed by atoms with Crippen LogP contribution in [-0.4, -0.2) is 25.8 Å². The smallest absolute Gasteiger partial charge is 0.223 e. The highest BCUT2D eigenvalue weighted by Gasteiger charge is 2.12. The van der Waals surface area contributed by atoms with Crippen LogP contribution >= 0.6 is 0 Å². The Morgan fingerprint density at radius 2 is 2.00 bits per heavy atom. The van der Waals surface area contributed by atoms with E-state index < -0.39 is 17.4 Å². The van der Waals surface area contributed by atoms with Crippen molar-refractivity contribution in [1.82, 2.24) is 5.32 Å². The summed E-state index contributed by atoms with van der Waals surface area (Å²) in [6.07, 6.45) is 0.325. The lowest BCUT2D eigenvalue weighted by Crippen LogP contribution is -2.20. The summed E-state index contributed by atoms with van der Waals surface area (Å²) in [4.78, 5) is 21.2. The number of ether oxygens (including phenoxy) is 1. The molecule has 0 fully saturated rings. The molecule has 0 aliphatic carbocycles. The van der Waals surface area contributed by atoms with E-state index in [4.69, 9.17) is 4.74 Å². The normalized spacial score (nSPS) is 9.82. The lowest BCUT2D eigenvalue weighted by molar-refractivity contribution is -0.121. The van der Waals surface area contributed by atoms with E-state index in [1.807, 2.05) is 0 Å². The summed E-state index contributed by atoms with van der Waals surface area (Å²) in [6, 6.07) is 1.73. The second kappa shape index (κ2) is 5.93. The number of nitrogens with one attached hydrogen (secondary N) is 1. The van der Waals surface area contributed by atoms with Crippen LogP contribution in [0.25, 0.3) is 0 Å². The molecule has 0 aliphatic heterocycles. The Hall–Kier alpha value is -1.98. The van der Waals surface area contributed by atoms with E-state index in [0.29, 0.717) is 6.29 Å². The number of rotatable bonds is 5. The summed E-state index contributed by atoms with van der Waals surface area (Å²) in [7, 11) is 1.45. The average Bonchev–Trinajstić information content (AvgIpc) is 2.31. The van der Waals surface area contributed by atoms with Crippen LogP contribution in [0.15, 0.2) is 12.1 Å². The van der Waals surface area contributed by atoms with Crippen LogP contribution in [0.5, 0.6) is 5.75 Å². The van der Waals surface area contributed by atoms with Crippen LogP contribution in [0, 0.1) is 11.6 Å². The Labute approximate surface area is 96.6 Å². The molecule has 17 heavy (non-hydrogen) atoms. The minimum absolute atomic E-state index is 0.00912. The fourth-order valence-corrected chi connectivity index (χ4v) is 1.16. The molecule has 4 nitrogen and oxygen atoms in total. The molecule has 0 atom stereocenters. The molecule has 92 valence electrons. The Balaban J connectivity index is 2.71. The third-order valence-electron chi connectivity index (χ3n) is 2.01. The molecule has 1 aromatic rings. The fourth-order valence-electron chi connectivity index (χ4n) is 1.16. The second-order valence-electron chi connectivity index (χ2n) is 3.20. The number of amides is 1. The lowest BCUT2D eigenvalue weighted by Gasteiger charge is -2.08. The van der Waals surface area contributed by atoms with Gasteiger partial charge in [0.05, 0.1) is 13.0 Å². The van der Waals surface area contributed by atoms with Crippen LogP contribution in [0.2, 0.25) is 0 Å². The number of halogens is 2. The van der Waals surface area contributed by atoms with Crippen LogP contribution in [0.4, 0.5) is 8.78 Å². The zero-order valence-electron chi connectivity index (χ0n) is 9.13. The van der Waals surface area contributed by atoms with E-state index in [9.17, 15) is 18.4 Å². The molecule has 1 N–H and O–H groups in total. The summed E-state index contributed by atoms with van der Waals surface area (Å²) in [5.74, 6) is -2.82. The van der Waals surface area contributed by atoms with Gasteiger partial charge >= 0.3 is 0 Å². The first kappa shape index (κ1) is 13.1. The maximum atomic E-state index is 13.3. The maximum Gasteiger partial charge on any atom is 0.223 e. The van der Waals surface area contributed by atoms with E-state index in [1.165, 1.54) is 7.05 Å². The largest absolute Gasteiger partial charge is 0.487 e. The topological polar surface area (TPSA) is 55.4 Å². The van der Waals surface area contributed by atoms with Gasteiger partial charge in [-0.05, 0) is 12.1 Å². The van der Waals surface area contributed by atoms with Crippen molar-refractivity contribution in [2.45, 2.75) is 6.42 Å². The van der Waals surface area contributed by atoms with Crippen LogP contribution < -0.4 is 10.1 Å². The molecule has 0 saturated heterocycles. The fraction of sp³-hybridized carbons (Fsp3) is 0.273. The van der Waals surface area contributed by atoms with E-state index in [-0.39, 0.29) is 24.5 Å². The molecule has 0 spiro atoms. The highest BCUT2D eigenvalue weighted by atomic mass is 19.1. The highest BCUT2D eigenvalue weighted by molar-refractivity contribution is 5.76. The zero-order chi connectivity index (χ0) is 12.8. The van der Waals surface area contributed by atoms with Gasteiger partial charge in [0.2, 0.25) is 5.91 Å². The van der Waals surface area contributed by atoms with Crippen molar-refractivity contribution < 1.29 is 23.1 Å². The quantitative estimate of drug-likeness (QED) is 0.793. The Kier molecular flexibility index (Phi) is 4.56. The number of hydrogen-bond acceptors (Lipinski definition) is 3. The first-order valence-electron chi connectivity index (χ1n) is 4.86. The van der Waals surface area contributed by atoms with Crippen molar-refractivity contribution in [3.63, 3.8) is 0 Å². The predicted octanol–water partition coefficient (Wildman–Crippen LogP) is 1.29. The standard InChI is InChI=1S/C11H11F2NO3/c1-14-10(16)2-3-17-11-8(12)4-7(6-15)5-9(11)13/h4-6H,2-3H2,1H3,(H,14,16). The van der Waals surface area contributed by atoms with E-state index >= 15 is 0 Å². The number of carbonyl (C=O) groups excluding carboxylic acids is 2. The second-order valence-corrected chi connectivity index (χ2v) is 3.20. The Morgan fingerprint density at radius 3 is 2.47 bits per heavy atom. The summed E-state index contributed by atoms with van der Waals surface area (Å²) in [6.45, 7) is -0.145. The third kappa shape index (κ3) is 3.51. The van der Waals surface area contributed by atoms with Gasteiger partial charge in [-0.2, -0.15) is 0 Å². The van der Waals surface area contributed by atoms with Crippen molar-refractivity contribution >= 4 is 12.2 Å². The summed E-state index contributed by atoms with van der Waals surface area (Å²) < 4.78 is 31.4. The van der Waals surface area contributed by atoms with Gasteiger partial charge in [0.1, 0.15) is 6.29 Å². The first-order chi connectivity index (χ1) is 8.08. The molecule has 1 aromatic carbocycles. The Bertz CT molecular complexity index is 412. The molecule has 0 heterocycles. The SMILES string of the molecule is CNC(=O)CCOc1c(F)cc(C=O)cc1F. The van der Waals surface area contributed by atoms with Gasteiger partial charge in [-0.3, -0.25) is 9.59 Å². The minimum Gasteiger partial charge on any atom is -0.487 e. The molecule has 0 unspecified atom stereocenters. The molecule has 0 radical (unpaired) electrons. The van der Waals surface area contributed by atoms with Gasteiger partial charge in [-0.25, -0.2) is 8.78 Å². The van der Waals surface area contributed by atoms with Crippen LogP contribution in [0.1, 0.15) is 16.8 Å². The molecular weight excluding hydrogens is 232 g/mol. The predicted molar refractivity (Wildman–Crippen MR) is 55.9 cm³/mol. The van der Waals surface area contributed by atoms with E-state index in [1.54, 1.807) is 0 Å². The van der Waals surface area contributed by atoms with Crippen molar-refractivity contribution in [3.05, 3.63) is 29.3 Å². The van der Waals surface area contributed by atoms with Gasteiger partial charge in [0.25, 0.3) is 0 Å². The molecular formula is C11H11F2NO3. The molecule has 1 amide bonds. The summed E-state index contributed by atoms with van der Waals surface area (Å²) >= 11 is 0. The number of carbonyl (C=O) groups is 2. The summed E-state index contributed by atoms with van der Waals surface area (Å²) in [5.41, 5.74) is -0.112. The molecule has 0 aromatic heterocycles. The number of benzene rings is 1. The van der Waals surface area contributed by atoms with Crippen molar-refractivity contribution in [3.8, 4) is 5.75 Å². The van der Waals surface area contributed by atoms with Crippen LogP contribution in [-0.2, 0) is 4.79 Å². The van der Waals surface area contributed by atoms with E-state index in [2.05, 4.69) is 5.32 Å². The third-order valence-corrected chi connectivity index (χ3v) is 2.01. The van der Waals surface area contributed by atoms with Gasteiger partial charge in [0.15, 0.2) is 17.4 Å². The first-order valence-corrected chi connectivity index (χ1v) is 4.86. The number of aldehydes is 1. The van der Waals surface area contributed by atoms with Gasteiger partial charge in [-0.15, -0.1) is 0 Å². The Morgan fingerprint density at radius 1 is 1.41 bits per heavy atom. The highest BCUT2D eigenvalue weighted by Crippen LogP contribution is 2.22. The zero-order valence-corrected chi connectivity index (χ0v) is 9.13. The lowest BCUT2D eigenvalue weighted by atomic mass is 10.2. The van der Waals surface area contributed by atoms with Crippen molar-refractivity contribution in [2.24, 2.45) is 0 Å². The molecule has 0 bridgehead atoms. The van der Waals surface area contributed by atoms with E-state index in [0.717, 1.165) is 12.1 Å². The van der Waals surface area contributed by atoms with Crippen molar-refractivity contribution in [1.29, 1.82) is 0 Å². The summed E-state index contributed by atoms with van der Waals surface area (Å²) in [5, 5.41) is 2.35. The van der Waals surface area contributed by atoms with Gasteiger partial charge in [0, 0.05) is 12.6 Å².